The van der Waals surface area contributed by atoms with Crippen LogP contribution < -0.4 is 10.1 Å². The molecule has 124 valence electrons. The normalized spacial score (nSPS) is 17.3. The van der Waals surface area contributed by atoms with Gasteiger partial charge in [-0.05, 0) is 29.5 Å². The number of nitrogens with zero attached hydrogens (tertiary/aromatic N) is 3. The zero-order valence-electron chi connectivity index (χ0n) is 13.4. The van der Waals surface area contributed by atoms with Gasteiger partial charge >= 0.3 is 0 Å². The lowest BCUT2D eigenvalue weighted by molar-refractivity contribution is 0.138. The van der Waals surface area contributed by atoms with Crippen LogP contribution in [0.25, 0.3) is 10.2 Å². The van der Waals surface area contributed by atoms with Crippen LogP contribution in [0.2, 0.25) is 0 Å². The summed E-state index contributed by atoms with van der Waals surface area (Å²) in [5.74, 6) is 1.51. The molecule has 24 heavy (non-hydrogen) atoms. The van der Waals surface area contributed by atoms with Crippen LogP contribution in [0.5, 0.6) is 5.88 Å². The lowest BCUT2D eigenvalue weighted by Crippen LogP contribution is -2.16. The molecule has 0 amide bonds. The zero-order chi connectivity index (χ0) is 16.4. The van der Waals surface area contributed by atoms with Crippen LogP contribution in [0.4, 0.5) is 5.82 Å². The molecule has 1 N–H and O–H groups in total. The maximum Gasteiger partial charge on any atom is 0.213 e. The van der Waals surface area contributed by atoms with Crippen LogP contribution in [0, 0.1) is 6.92 Å². The molecular formula is C17H18N4O2S. The van der Waals surface area contributed by atoms with Gasteiger partial charge in [0, 0.05) is 25.2 Å². The first-order chi connectivity index (χ1) is 11.8. The van der Waals surface area contributed by atoms with E-state index in [1.807, 2.05) is 12.1 Å². The maximum absolute atomic E-state index is 5.85. The molecule has 0 radical (unpaired) electrons. The van der Waals surface area contributed by atoms with Gasteiger partial charge in [-0.25, -0.2) is 15.0 Å². The molecule has 1 atom stereocenters. The topological polar surface area (TPSA) is 69.2 Å². The molecule has 1 saturated heterocycles. The molecule has 3 aromatic heterocycles. The SMILES string of the molecule is Cc1csc2c(NCc3ccnc(OC4CCOC4)c3)ncnc12. The molecule has 1 aliphatic rings. The Kier molecular flexibility index (Phi) is 4.27. The third kappa shape index (κ3) is 3.18. The number of aryl methyl sites for hydroxylation is 1. The summed E-state index contributed by atoms with van der Waals surface area (Å²) in [7, 11) is 0. The Balaban J connectivity index is 1.47. The number of ether oxygens (including phenoxy) is 2. The highest BCUT2D eigenvalue weighted by atomic mass is 32.1. The number of rotatable bonds is 5. The van der Waals surface area contributed by atoms with Crippen LogP contribution in [0.3, 0.4) is 0 Å². The molecule has 4 rings (SSSR count). The van der Waals surface area contributed by atoms with Crippen molar-refractivity contribution in [3.63, 3.8) is 0 Å². The van der Waals surface area contributed by atoms with Crippen LogP contribution >= 0.6 is 11.3 Å². The molecule has 1 aliphatic heterocycles. The van der Waals surface area contributed by atoms with Crippen molar-refractivity contribution in [1.82, 2.24) is 15.0 Å². The summed E-state index contributed by atoms with van der Waals surface area (Å²) in [6.45, 7) is 4.12. The summed E-state index contributed by atoms with van der Waals surface area (Å²) in [6, 6.07) is 3.94. The third-order valence-corrected chi connectivity index (χ3v) is 5.06. The number of hydrogen-bond donors (Lipinski definition) is 1. The Hall–Kier alpha value is -2.25. The van der Waals surface area contributed by atoms with Crippen molar-refractivity contribution in [2.45, 2.75) is 26.0 Å². The number of anilines is 1. The van der Waals surface area contributed by atoms with Crippen LogP contribution in [-0.2, 0) is 11.3 Å². The maximum atomic E-state index is 5.85. The molecule has 0 saturated carbocycles. The Morgan fingerprint density at radius 1 is 1.38 bits per heavy atom. The highest BCUT2D eigenvalue weighted by Crippen LogP contribution is 2.28. The first-order valence-corrected chi connectivity index (χ1v) is 8.79. The van der Waals surface area contributed by atoms with Crippen molar-refractivity contribution in [3.8, 4) is 5.88 Å². The van der Waals surface area contributed by atoms with Gasteiger partial charge in [0.05, 0.1) is 23.4 Å². The van der Waals surface area contributed by atoms with E-state index >= 15 is 0 Å². The minimum Gasteiger partial charge on any atom is -0.472 e. The fourth-order valence-corrected chi connectivity index (χ4v) is 3.65. The van der Waals surface area contributed by atoms with Crippen molar-refractivity contribution in [1.29, 1.82) is 0 Å². The number of hydrogen-bond acceptors (Lipinski definition) is 7. The smallest absolute Gasteiger partial charge is 0.213 e. The van der Waals surface area contributed by atoms with E-state index < -0.39 is 0 Å². The third-order valence-electron chi connectivity index (χ3n) is 3.97. The lowest BCUT2D eigenvalue weighted by atomic mass is 10.2. The summed E-state index contributed by atoms with van der Waals surface area (Å²) < 4.78 is 12.3. The fourth-order valence-electron chi connectivity index (χ4n) is 2.68. The number of fused-ring (bicyclic) bond motifs is 1. The second kappa shape index (κ2) is 6.70. The number of pyridine rings is 1. The minimum absolute atomic E-state index is 0.108. The van der Waals surface area contributed by atoms with E-state index in [-0.39, 0.29) is 6.10 Å². The number of thiophene rings is 1. The number of aromatic nitrogens is 3. The molecule has 0 spiro atoms. The van der Waals surface area contributed by atoms with Crippen LogP contribution in [-0.4, -0.2) is 34.3 Å². The Labute approximate surface area is 143 Å². The Bertz CT molecular complexity index is 845. The second-order valence-corrected chi connectivity index (χ2v) is 6.66. The molecule has 6 nitrogen and oxygen atoms in total. The molecule has 3 aromatic rings. The fraction of sp³-hybridized carbons (Fsp3) is 0.353. The van der Waals surface area contributed by atoms with Crippen molar-refractivity contribution < 1.29 is 9.47 Å². The van der Waals surface area contributed by atoms with Crippen LogP contribution in [0.1, 0.15) is 17.5 Å². The van der Waals surface area contributed by atoms with Gasteiger partial charge in [-0.1, -0.05) is 0 Å². The van der Waals surface area contributed by atoms with Gasteiger partial charge in [0.15, 0.2) is 0 Å². The molecule has 1 fully saturated rings. The first kappa shape index (κ1) is 15.3. The summed E-state index contributed by atoms with van der Waals surface area (Å²) in [4.78, 5) is 13.0. The van der Waals surface area contributed by atoms with Gasteiger partial charge in [0.2, 0.25) is 5.88 Å². The molecule has 0 aliphatic carbocycles. The second-order valence-electron chi connectivity index (χ2n) is 5.78. The van der Waals surface area contributed by atoms with Gasteiger partial charge in [-0.3, -0.25) is 0 Å². The molecule has 0 bridgehead atoms. The molecule has 4 heterocycles. The quantitative estimate of drug-likeness (QED) is 0.768. The molecular weight excluding hydrogens is 324 g/mol. The average Bonchev–Trinajstić information content (AvgIpc) is 3.24. The van der Waals surface area contributed by atoms with Gasteiger partial charge < -0.3 is 14.8 Å². The largest absolute Gasteiger partial charge is 0.472 e. The van der Waals surface area contributed by atoms with Crippen LogP contribution in [0.15, 0.2) is 30.0 Å². The molecule has 7 heteroatoms. The van der Waals surface area contributed by atoms with E-state index in [1.54, 1.807) is 23.9 Å². The van der Waals surface area contributed by atoms with E-state index in [0.29, 0.717) is 19.0 Å². The summed E-state index contributed by atoms with van der Waals surface area (Å²) in [5.41, 5.74) is 3.29. The minimum atomic E-state index is 0.108. The van der Waals surface area contributed by atoms with Gasteiger partial charge in [0.1, 0.15) is 18.2 Å². The zero-order valence-corrected chi connectivity index (χ0v) is 14.2. The monoisotopic (exact) mass is 342 g/mol. The van der Waals surface area contributed by atoms with E-state index in [0.717, 1.165) is 34.6 Å². The van der Waals surface area contributed by atoms with E-state index in [2.05, 4.69) is 32.6 Å². The summed E-state index contributed by atoms with van der Waals surface area (Å²) in [5, 5.41) is 5.49. The first-order valence-electron chi connectivity index (χ1n) is 7.91. The van der Waals surface area contributed by atoms with Crippen molar-refractivity contribution in [2.75, 3.05) is 18.5 Å². The van der Waals surface area contributed by atoms with Gasteiger partial charge in [-0.2, -0.15) is 0 Å². The average molecular weight is 342 g/mol. The number of nitrogens with one attached hydrogen (secondary N) is 1. The Morgan fingerprint density at radius 2 is 2.33 bits per heavy atom. The van der Waals surface area contributed by atoms with E-state index in [4.69, 9.17) is 9.47 Å². The van der Waals surface area contributed by atoms with Gasteiger partial charge in [-0.15, -0.1) is 11.3 Å². The molecule has 0 aromatic carbocycles. The standard InChI is InChI=1S/C17H18N4O2S/c1-11-9-24-16-15(11)20-10-21-17(16)19-7-12-2-4-18-14(6-12)23-13-3-5-22-8-13/h2,4,6,9-10,13H,3,5,7-8H2,1H3,(H,19,20,21). The predicted molar refractivity (Wildman–Crippen MR) is 93.6 cm³/mol. The van der Waals surface area contributed by atoms with Gasteiger partial charge in [0.25, 0.3) is 0 Å². The van der Waals surface area contributed by atoms with Crippen molar-refractivity contribution >= 4 is 27.4 Å². The summed E-state index contributed by atoms with van der Waals surface area (Å²) in [6.07, 6.45) is 4.40. The highest BCUT2D eigenvalue weighted by Gasteiger charge is 2.17. The Morgan fingerprint density at radius 3 is 3.21 bits per heavy atom. The summed E-state index contributed by atoms with van der Waals surface area (Å²) >= 11 is 1.66. The van der Waals surface area contributed by atoms with E-state index in [9.17, 15) is 0 Å². The highest BCUT2D eigenvalue weighted by molar-refractivity contribution is 7.18. The van der Waals surface area contributed by atoms with E-state index in [1.165, 1.54) is 5.56 Å². The predicted octanol–water partition coefficient (Wildman–Crippen LogP) is 3.17. The van der Waals surface area contributed by atoms with Crippen molar-refractivity contribution in [3.05, 3.63) is 41.2 Å². The van der Waals surface area contributed by atoms with Crippen molar-refractivity contribution in [2.24, 2.45) is 0 Å². The molecule has 1 unspecified atom stereocenters. The lowest BCUT2D eigenvalue weighted by Gasteiger charge is -2.12.